The number of rotatable bonds is 6. The number of carbonyl (C=O) groups excluding carboxylic acids is 1. The van der Waals surface area contributed by atoms with E-state index in [0.717, 1.165) is 16.8 Å². The molecule has 2 aromatic carbocycles. The number of carbonyl (C=O) groups is 1. The Morgan fingerprint density at radius 3 is 2.64 bits per heavy atom. The molecular weight excluding hydrogens is 336 g/mol. The number of hydrogen-bond acceptors (Lipinski definition) is 6. The third kappa shape index (κ3) is 3.71. The molecule has 0 spiro atoms. The highest BCUT2D eigenvalue weighted by molar-refractivity contribution is 8.00. The van der Waals surface area contributed by atoms with Gasteiger partial charge in [-0.05, 0) is 47.5 Å². The van der Waals surface area contributed by atoms with Crippen molar-refractivity contribution in [2.75, 3.05) is 7.11 Å². The van der Waals surface area contributed by atoms with Gasteiger partial charge in [-0.25, -0.2) is 0 Å². The first-order chi connectivity index (χ1) is 12.1. The second-order valence-electron chi connectivity index (χ2n) is 5.57. The van der Waals surface area contributed by atoms with E-state index in [4.69, 9.17) is 4.74 Å². The van der Waals surface area contributed by atoms with Gasteiger partial charge in [0, 0.05) is 0 Å². The smallest absolute Gasteiger partial charge is 0.215 e. The lowest BCUT2D eigenvalue weighted by molar-refractivity contribution is -0.116. The number of ketones is 1. The van der Waals surface area contributed by atoms with Crippen LogP contribution in [0.15, 0.2) is 53.7 Å². The number of ether oxygens (including phenoxy) is 1. The van der Waals surface area contributed by atoms with Crippen LogP contribution in [0.5, 0.6) is 5.75 Å². The molecule has 1 aromatic heterocycles. The lowest BCUT2D eigenvalue weighted by Gasteiger charge is -2.14. The number of benzene rings is 2. The van der Waals surface area contributed by atoms with Crippen molar-refractivity contribution >= 4 is 17.5 Å². The average Bonchev–Trinajstić information content (AvgIpc) is 3.08. The van der Waals surface area contributed by atoms with Crippen molar-refractivity contribution in [2.45, 2.75) is 24.3 Å². The second-order valence-corrected chi connectivity index (χ2v) is 6.64. The fourth-order valence-electron chi connectivity index (χ4n) is 2.49. The van der Waals surface area contributed by atoms with Gasteiger partial charge in [-0.1, -0.05) is 48.2 Å². The van der Waals surface area contributed by atoms with E-state index in [0.29, 0.717) is 10.9 Å². The molecule has 0 aliphatic heterocycles. The summed E-state index contributed by atoms with van der Waals surface area (Å²) in [6, 6.07) is 15.4. The number of methoxy groups -OCH3 is 1. The Bertz CT molecular complexity index is 880. The predicted molar refractivity (Wildman–Crippen MR) is 96.2 cm³/mol. The Kier molecular flexibility index (Phi) is 5.14. The molecule has 0 unspecified atom stereocenters. The normalized spacial score (nSPS) is 12.0. The number of hydrogen-bond donors (Lipinski definition) is 0. The van der Waals surface area contributed by atoms with E-state index in [-0.39, 0.29) is 11.0 Å². The summed E-state index contributed by atoms with van der Waals surface area (Å²) in [5, 5.41) is 12.1. The van der Waals surface area contributed by atoms with Gasteiger partial charge in [0.25, 0.3) is 0 Å². The first-order valence-electron chi connectivity index (χ1n) is 7.75. The van der Waals surface area contributed by atoms with E-state index >= 15 is 0 Å². The van der Waals surface area contributed by atoms with Crippen LogP contribution in [0.4, 0.5) is 0 Å². The monoisotopic (exact) mass is 354 g/mol. The molecule has 0 fully saturated rings. The predicted octanol–water partition coefficient (Wildman–Crippen LogP) is 3.40. The molecule has 7 heteroatoms. The minimum atomic E-state index is -0.373. The van der Waals surface area contributed by atoms with Crippen molar-refractivity contribution in [1.29, 1.82) is 0 Å². The first-order valence-corrected chi connectivity index (χ1v) is 8.63. The van der Waals surface area contributed by atoms with Crippen LogP contribution in [-0.2, 0) is 4.79 Å². The van der Waals surface area contributed by atoms with Gasteiger partial charge in [-0.2, -0.15) is 4.68 Å². The third-order valence-corrected chi connectivity index (χ3v) is 5.00. The highest BCUT2D eigenvalue weighted by Crippen LogP contribution is 2.36. The zero-order chi connectivity index (χ0) is 17.8. The van der Waals surface area contributed by atoms with Crippen molar-refractivity contribution in [3.8, 4) is 11.4 Å². The average molecular weight is 354 g/mol. The summed E-state index contributed by atoms with van der Waals surface area (Å²) >= 11 is 1.32. The van der Waals surface area contributed by atoms with E-state index < -0.39 is 0 Å². The number of aromatic nitrogens is 4. The summed E-state index contributed by atoms with van der Waals surface area (Å²) in [4.78, 5) is 12.2. The zero-order valence-corrected chi connectivity index (χ0v) is 15.0. The summed E-state index contributed by atoms with van der Waals surface area (Å²) in [5.74, 6) is 0.709. The van der Waals surface area contributed by atoms with Crippen LogP contribution in [0.3, 0.4) is 0 Å². The number of thioether (sulfide) groups is 1. The molecule has 25 heavy (non-hydrogen) atoms. The molecule has 3 rings (SSSR count). The Morgan fingerprint density at radius 1 is 1.20 bits per heavy atom. The minimum Gasteiger partial charge on any atom is -0.494 e. The van der Waals surface area contributed by atoms with E-state index in [1.54, 1.807) is 18.7 Å². The summed E-state index contributed by atoms with van der Waals surface area (Å²) in [5.41, 5.74) is 2.73. The topological polar surface area (TPSA) is 69.9 Å². The van der Waals surface area contributed by atoms with Crippen LogP contribution in [-0.4, -0.2) is 33.1 Å². The quantitative estimate of drug-likeness (QED) is 0.632. The molecular formula is C18H18N4O2S. The number of nitrogens with zero attached hydrogens (tertiary/aromatic N) is 4. The first kappa shape index (κ1) is 17.2. The summed E-state index contributed by atoms with van der Waals surface area (Å²) in [7, 11) is 1.60. The number of Topliss-reactive ketones (excluding diaryl/α,β-unsaturated/α-hetero) is 1. The van der Waals surface area contributed by atoms with Gasteiger partial charge < -0.3 is 4.74 Å². The van der Waals surface area contributed by atoms with Gasteiger partial charge in [-0.3, -0.25) is 4.79 Å². The van der Waals surface area contributed by atoms with Crippen LogP contribution < -0.4 is 4.74 Å². The highest BCUT2D eigenvalue weighted by Gasteiger charge is 2.23. The molecule has 1 heterocycles. The highest BCUT2D eigenvalue weighted by atomic mass is 32.2. The van der Waals surface area contributed by atoms with Crippen LogP contribution in [0.25, 0.3) is 5.69 Å². The van der Waals surface area contributed by atoms with Gasteiger partial charge >= 0.3 is 0 Å². The van der Waals surface area contributed by atoms with Gasteiger partial charge in [0.2, 0.25) is 5.16 Å². The van der Waals surface area contributed by atoms with Gasteiger partial charge in [0.1, 0.15) is 17.2 Å². The van der Waals surface area contributed by atoms with Crippen LogP contribution >= 0.6 is 11.8 Å². The van der Waals surface area contributed by atoms with Crippen molar-refractivity contribution in [2.24, 2.45) is 0 Å². The molecule has 0 radical (unpaired) electrons. The van der Waals surface area contributed by atoms with E-state index in [9.17, 15) is 4.79 Å². The zero-order valence-electron chi connectivity index (χ0n) is 14.2. The molecule has 1 atom stereocenters. The fourth-order valence-corrected chi connectivity index (χ4v) is 3.48. The Labute approximate surface area is 150 Å². The maximum Gasteiger partial charge on any atom is 0.215 e. The van der Waals surface area contributed by atoms with E-state index in [1.165, 1.54) is 11.8 Å². The van der Waals surface area contributed by atoms with E-state index in [1.807, 2.05) is 55.5 Å². The molecule has 3 aromatic rings. The second kappa shape index (κ2) is 7.48. The standard InChI is InChI=1S/C18H18N4O2S/c1-12-9-10-16(24-3)15(11-12)22-18(19-20-21-22)25-17(13(2)23)14-7-5-4-6-8-14/h4-11,17H,1-3H3/t17-/m0/s1. The Balaban J connectivity index is 1.99. The number of aryl methyl sites for hydroxylation is 1. The SMILES string of the molecule is COc1ccc(C)cc1-n1nnnc1S[C@@H](C(C)=O)c1ccccc1. The largest absolute Gasteiger partial charge is 0.494 e. The molecule has 128 valence electrons. The molecule has 0 saturated carbocycles. The lowest BCUT2D eigenvalue weighted by atomic mass is 10.1. The molecule has 0 bridgehead atoms. The van der Waals surface area contributed by atoms with Crippen molar-refractivity contribution in [3.63, 3.8) is 0 Å². The number of tetrazole rings is 1. The molecule has 0 aliphatic carbocycles. The van der Waals surface area contributed by atoms with Crippen molar-refractivity contribution < 1.29 is 9.53 Å². The maximum absolute atomic E-state index is 12.2. The summed E-state index contributed by atoms with van der Waals surface area (Å²) in [6.07, 6.45) is 0. The molecule has 0 aliphatic rings. The fraction of sp³-hybridized carbons (Fsp3) is 0.222. The van der Waals surface area contributed by atoms with Gasteiger partial charge in [-0.15, -0.1) is 5.10 Å². The maximum atomic E-state index is 12.2. The molecule has 0 N–H and O–H groups in total. The molecule has 0 saturated heterocycles. The van der Waals surface area contributed by atoms with Crippen LogP contribution in [0.1, 0.15) is 23.3 Å². The van der Waals surface area contributed by atoms with Gasteiger partial charge in [0.15, 0.2) is 0 Å². The summed E-state index contributed by atoms with van der Waals surface area (Å²) < 4.78 is 7.03. The molecule has 0 amide bonds. The van der Waals surface area contributed by atoms with Crippen LogP contribution in [0, 0.1) is 6.92 Å². The lowest BCUT2D eigenvalue weighted by Crippen LogP contribution is -2.08. The molecule has 6 nitrogen and oxygen atoms in total. The van der Waals surface area contributed by atoms with Crippen molar-refractivity contribution in [3.05, 3.63) is 59.7 Å². The Morgan fingerprint density at radius 2 is 1.96 bits per heavy atom. The summed E-state index contributed by atoms with van der Waals surface area (Å²) in [6.45, 7) is 3.56. The van der Waals surface area contributed by atoms with E-state index in [2.05, 4.69) is 15.5 Å². The van der Waals surface area contributed by atoms with Crippen molar-refractivity contribution in [1.82, 2.24) is 20.2 Å². The minimum absolute atomic E-state index is 0.0435. The van der Waals surface area contributed by atoms with Crippen LogP contribution in [0.2, 0.25) is 0 Å². The Hall–Kier alpha value is -2.67. The van der Waals surface area contributed by atoms with Gasteiger partial charge in [0.05, 0.1) is 12.4 Å². The third-order valence-electron chi connectivity index (χ3n) is 3.70.